The standard InChI is InChI=1S/C14H30N4O.HI/c1-4-5-7-16-14(15)17-8-6-9-18-10-12(2)19-13(3)11-18;/h12-13H,4-11H2,1-3H3,(H3,15,16,17);1H. The SMILES string of the molecule is CCCCNC(N)=NCCCN1CC(C)OC(C)C1.I. The van der Waals surface area contributed by atoms with Crippen LogP contribution in [-0.2, 0) is 4.74 Å². The molecular weight excluding hydrogens is 367 g/mol. The van der Waals surface area contributed by atoms with Crippen molar-refractivity contribution in [1.82, 2.24) is 10.2 Å². The van der Waals surface area contributed by atoms with Gasteiger partial charge < -0.3 is 15.8 Å². The van der Waals surface area contributed by atoms with Crippen molar-refractivity contribution in [3.05, 3.63) is 0 Å². The molecule has 0 aromatic carbocycles. The zero-order chi connectivity index (χ0) is 14.1. The van der Waals surface area contributed by atoms with Crippen molar-refractivity contribution in [3.8, 4) is 0 Å². The van der Waals surface area contributed by atoms with Gasteiger partial charge in [0.25, 0.3) is 0 Å². The Hall–Kier alpha value is -0.0800. The first-order chi connectivity index (χ1) is 9.11. The molecule has 0 spiro atoms. The van der Waals surface area contributed by atoms with Gasteiger partial charge in [0, 0.05) is 32.7 Å². The lowest BCUT2D eigenvalue weighted by molar-refractivity contribution is -0.0679. The van der Waals surface area contributed by atoms with Crippen LogP contribution in [0, 0.1) is 0 Å². The van der Waals surface area contributed by atoms with Crippen molar-refractivity contribution < 1.29 is 4.74 Å². The monoisotopic (exact) mass is 398 g/mol. The predicted octanol–water partition coefficient (Wildman–Crippen LogP) is 1.81. The average molecular weight is 398 g/mol. The first-order valence-electron chi connectivity index (χ1n) is 7.53. The van der Waals surface area contributed by atoms with Crippen LogP contribution in [-0.4, -0.2) is 55.8 Å². The van der Waals surface area contributed by atoms with Crippen LogP contribution in [0.5, 0.6) is 0 Å². The number of ether oxygens (including phenoxy) is 1. The summed E-state index contributed by atoms with van der Waals surface area (Å²) < 4.78 is 5.72. The summed E-state index contributed by atoms with van der Waals surface area (Å²) in [6.45, 7) is 11.3. The van der Waals surface area contributed by atoms with Crippen molar-refractivity contribution in [2.45, 2.75) is 52.2 Å². The van der Waals surface area contributed by atoms with Gasteiger partial charge in [-0.3, -0.25) is 9.89 Å². The number of nitrogens with one attached hydrogen (secondary N) is 1. The average Bonchev–Trinajstić information content (AvgIpc) is 2.34. The molecule has 0 radical (unpaired) electrons. The number of guanidine groups is 1. The fourth-order valence-corrected chi connectivity index (χ4v) is 2.41. The molecule has 1 aliphatic rings. The van der Waals surface area contributed by atoms with E-state index in [0.717, 1.165) is 45.6 Å². The second-order valence-corrected chi connectivity index (χ2v) is 5.42. The van der Waals surface area contributed by atoms with Gasteiger partial charge in [0.1, 0.15) is 0 Å². The minimum atomic E-state index is 0. The Morgan fingerprint density at radius 2 is 1.95 bits per heavy atom. The summed E-state index contributed by atoms with van der Waals surface area (Å²) in [6, 6.07) is 0. The van der Waals surface area contributed by atoms with E-state index in [1.807, 2.05) is 0 Å². The molecule has 6 heteroatoms. The van der Waals surface area contributed by atoms with E-state index in [0.29, 0.717) is 18.2 Å². The Balaban J connectivity index is 0.00000361. The highest BCUT2D eigenvalue weighted by Gasteiger charge is 2.21. The molecule has 1 saturated heterocycles. The number of aliphatic imine (C=N–C) groups is 1. The van der Waals surface area contributed by atoms with Crippen LogP contribution in [0.1, 0.15) is 40.0 Å². The molecule has 0 aliphatic carbocycles. The summed E-state index contributed by atoms with van der Waals surface area (Å²) in [7, 11) is 0. The molecule has 1 rings (SSSR count). The molecule has 1 heterocycles. The maximum Gasteiger partial charge on any atom is 0.188 e. The maximum atomic E-state index is 5.78. The Kier molecular flexibility index (Phi) is 11.5. The molecule has 5 nitrogen and oxygen atoms in total. The molecule has 1 fully saturated rings. The molecule has 0 saturated carbocycles. The minimum Gasteiger partial charge on any atom is -0.373 e. The molecule has 3 N–H and O–H groups in total. The Morgan fingerprint density at radius 3 is 2.55 bits per heavy atom. The van der Waals surface area contributed by atoms with Crippen LogP contribution < -0.4 is 11.1 Å². The van der Waals surface area contributed by atoms with Crippen molar-refractivity contribution in [2.75, 3.05) is 32.7 Å². The highest BCUT2D eigenvalue weighted by atomic mass is 127. The normalized spacial score (nSPS) is 24.2. The second kappa shape index (κ2) is 11.6. The van der Waals surface area contributed by atoms with Crippen LogP contribution in [0.25, 0.3) is 0 Å². The zero-order valence-corrected chi connectivity index (χ0v) is 15.4. The number of hydrogen-bond donors (Lipinski definition) is 2. The van der Waals surface area contributed by atoms with Gasteiger partial charge in [-0.1, -0.05) is 13.3 Å². The van der Waals surface area contributed by atoms with Crippen LogP contribution >= 0.6 is 24.0 Å². The summed E-state index contributed by atoms with van der Waals surface area (Å²) in [5.41, 5.74) is 5.78. The highest BCUT2D eigenvalue weighted by Crippen LogP contribution is 2.10. The first kappa shape index (κ1) is 19.9. The Labute approximate surface area is 140 Å². The van der Waals surface area contributed by atoms with Gasteiger partial charge in [-0.25, -0.2) is 0 Å². The molecule has 20 heavy (non-hydrogen) atoms. The van der Waals surface area contributed by atoms with E-state index in [9.17, 15) is 0 Å². The summed E-state index contributed by atoms with van der Waals surface area (Å²) in [5.74, 6) is 0.581. The summed E-state index contributed by atoms with van der Waals surface area (Å²) >= 11 is 0. The van der Waals surface area contributed by atoms with Crippen molar-refractivity contribution in [2.24, 2.45) is 10.7 Å². The van der Waals surface area contributed by atoms with Gasteiger partial charge in [0.05, 0.1) is 12.2 Å². The number of morpholine rings is 1. The van der Waals surface area contributed by atoms with E-state index in [1.54, 1.807) is 0 Å². The topological polar surface area (TPSA) is 62.9 Å². The van der Waals surface area contributed by atoms with Crippen molar-refractivity contribution in [3.63, 3.8) is 0 Å². The molecule has 0 amide bonds. The summed E-state index contributed by atoms with van der Waals surface area (Å²) in [4.78, 5) is 6.80. The molecule has 0 bridgehead atoms. The van der Waals surface area contributed by atoms with Gasteiger partial charge in [-0.05, 0) is 26.7 Å². The van der Waals surface area contributed by atoms with Gasteiger partial charge in [0.2, 0.25) is 0 Å². The number of hydrogen-bond acceptors (Lipinski definition) is 3. The molecule has 2 atom stereocenters. The van der Waals surface area contributed by atoms with Crippen molar-refractivity contribution >= 4 is 29.9 Å². The fourth-order valence-electron chi connectivity index (χ4n) is 2.41. The third-order valence-electron chi connectivity index (χ3n) is 3.25. The third kappa shape index (κ3) is 8.97. The van der Waals surface area contributed by atoms with Crippen LogP contribution in [0.3, 0.4) is 0 Å². The van der Waals surface area contributed by atoms with Crippen LogP contribution in [0.15, 0.2) is 4.99 Å². The molecule has 1 aliphatic heterocycles. The second-order valence-electron chi connectivity index (χ2n) is 5.42. The third-order valence-corrected chi connectivity index (χ3v) is 3.25. The van der Waals surface area contributed by atoms with E-state index >= 15 is 0 Å². The number of nitrogens with zero attached hydrogens (tertiary/aromatic N) is 2. The smallest absolute Gasteiger partial charge is 0.188 e. The summed E-state index contributed by atoms with van der Waals surface area (Å²) in [5, 5.41) is 3.13. The lowest BCUT2D eigenvalue weighted by atomic mass is 10.2. The van der Waals surface area contributed by atoms with Crippen LogP contribution in [0.2, 0.25) is 0 Å². The van der Waals surface area contributed by atoms with Crippen molar-refractivity contribution in [1.29, 1.82) is 0 Å². The van der Waals surface area contributed by atoms with Gasteiger partial charge in [-0.2, -0.15) is 0 Å². The van der Waals surface area contributed by atoms with Gasteiger partial charge in [-0.15, -0.1) is 24.0 Å². The van der Waals surface area contributed by atoms with E-state index < -0.39 is 0 Å². The lowest BCUT2D eigenvalue weighted by Crippen LogP contribution is -2.45. The maximum absolute atomic E-state index is 5.78. The predicted molar refractivity (Wildman–Crippen MR) is 95.9 cm³/mol. The van der Waals surface area contributed by atoms with E-state index in [-0.39, 0.29) is 24.0 Å². The number of halogens is 1. The first-order valence-corrected chi connectivity index (χ1v) is 7.53. The number of unbranched alkanes of at least 4 members (excludes halogenated alkanes) is 1. The lowest BCUT2D eigenvalue weighted by Gasteiger charge is -2.35. The van der Waals surface area contributed by atoms with E-state index in [1.165, 1.54) is 6.42 Å². The van der Waals surface area contributed by atoms with E-state index in [4.69, 9.17) is 10.5 Å². The largest absolute Gasteiger partial charge is 0.373 e. The minimum absolute atomic E-state index is 0. The number of rotatable bonds is 7. The fraction of sp³-hybridized carbons (Fsp3) is 0.929. The van der Waals surface area contributed by atoms with E-state index in [2.05, 4.69) is 36.0 Å². The van der Waals surface area contributed by atoms with Gasteiger partial charge in [0.15, 0.2) is 5.96 Å². The molecule has 0 aromatic rings. The zero-order valence-electron chi connectivity index (χ0n) is 13.1. The molecule has 120 valence electrons. The Bertz CT molecular complexity index is 266. The molecular formula is C14H31IN4O. The number of nitrogens with two attached hydrogens (primary N) is 1. The quantitative estimate of drug-likeness (QED) is 0.297. The molecule has 0 aromatic heterocycles. The van der Waals surface area contributed by atoms with Gasteiger partial charge >= 0.3 is 0 Å². The summed E-state index contributed by atoms with van der Waals surface area (Å²) in [6.07, 6.45) is 4.05. The highest BCUT2D eigenvalue weighted by molar-refractivity contribution is 14.0. The van der Waals surface area contributed by atoms with Crippen LogP contribution in [0.4, 0.5) is 0 Å². The molecule has 2 unspecified atom stereocenters. The Morgan fingerprint density at radius 1 is 1.30 bits per heavy atom.